The highest BCUT2D eigenvalue weighted by Crippen LogP contribution is 2.52. The van der Waals surface area contributed by atoms with E-state index in [4.69, 9.17) is 18.9 Å². The van der Waals surface area contributed by atoms with E-state index < -0.39 is 15.4 Å². The van der Waals surface area contributed by atoms with Crippen LogP contribution in [-0.2, 0) is 14.9 Å². The first-order valence-corrected chi connectivity index (χ1v) is 21.6. The molecule has 0 saturated carbocycles. The Kier molecular flexibility index (Phi) is 18.1. The van der Waals surface area contributed by atoms with Gasteiger partial charge in [-0.2, -0.15) is 0 Å². The summed E-state index contributed by atoms with van der Waals surface area (Å²) in [6, 6.07) is 8.00. The van der Waals surface area contributed by atoms with Crippen molar-refractivity contribution >= 4 is 191 Å². The molecule has 0 heterocycles. The van der Waals surface area contributed by atoms with Crippen molar-refractivity contribution in [3.63, 3.8) is 0 Å². The summed E-state index contributed by atoms with van der Waals surface area (Å²) in [6.45, 7) is 4.32. The lowest BCUT2D eigenvalue weighted by Gasteiger charge is -2.31. The van der Waals surface area contributed by atoms with E-state index in [-0.39, 0.29) is 20.1 Å². The van der Waals surface area contributed by atoms with Crippen molar-refractivity contribution in [2.24, 2.45) is 0 Å². The van der Waals surface area contributed by atoms with Crippen LogP contribution >= 0.6 is 191 Å². The number of hydrogen-bond acceptors (Lipinski definition) is 4. The quantitative estimate of drug-likeness (QED) is 0.140. The van der Waals surface area contributed by atoms with Crippen molar-refractivity contribution < 1.29 is 18.9 Å². The van der Waals surface area contributed by atoms with Crippen molar-refractivity contribution in [2.45, 2.75) is 49.3 Å². The Balaban J connectivity index is 2.31. The van der Waals surface area contributed by atoms with Gasteiger partial charge in [0.1, 0.15) is 15.8 Å². The summed E-state index contributed by atoms with van der Waals surface area (Å²) in [7, 11) is 0. The Morgan fingerprint density at radius 3 is 1.44 bits per heavy atom. The average molecular weight is 1320 g/mol. The summed E-state index contributed by atoms with van der Waals surface area (Å²) in [6.07, 6.45) is 0. The topological polar surface area (TPSA) is 36.9 Å². The SMILES string of the molecule is CC(C)(c1ccc(OC(Br)C(Br)OC(Br)CBr)cc1)c1c(Br)c(Br)c(OC(Br)C(Br)OC(Br)CBr)c(Br)c1Br. The highest BCUT2D eigenvalue weighted by Gasteiger charge is 2.34. The van der Waals surface area contributed by atoms with E-state index in [0.717, 1.165) is 29.0 Å². The van der Waals surface area contributed by atoms with Crippen molar-refractivity contribution in [3.05, 3.63) is 53.3 Å². The Hall–Kier alpha value is 3.72. The van der Waals surface area contributed by atoms with Crippen molar-refractivity contribution in [1.29, 1.82) is 0 Å². The summed E-state index contributed by atoms with van der Waals surface area (Å²) in [4.78, 5) is 0. The van der Waals surface area contributed by atoms with Crippen LogP contribution in [0.3, 0.4) is 0 Å². The second-order valence-corrected chi connectivity index (χ2v) is 18.3. The minimum Gasteiger partial charge on any atom is -0.476 e. The standard InChI is InChI=1S/C23H20Br12O4/c1-23(2,9-3-5-10(6-4-9)36-19(32)20(33)37-11(26)7-24)13-14(28)16(30)18(17(31)15(13)29)39-22(35)21(34)38-12(27)8-25/h3-6,11-12,19-22H,7-8H2,1-2H3. The molecule has 2 aromatic rings. The van der Waals surface area contributed by atoms with E-state index >= 15 is 0 Å². The maximum atomic E-state index is 6.24. The number of benzene rings is 2. The molecule has 0 N–H and O–H groups in total. The molecule has 0 aliphatic rings. The molecule has 2 rings (SSSR count). The molecule has 6 unspecified atom stereocenters. The summed E-state index contributed by atoms with van der Waals surface area (Å²) < 4.78 is 27.1. The zero-order chi connectivity index (χ0) is 29.7. The van der Waals surface area contributed by atoms with Crippen LogP contribution in [0.4, 0.5) is 0 Å². The molecule has 0 amide bonds. The second kappa shape index (κ2) is 18.2. The molecular weight excluding hydrogens is 1300 g/mol. The lowest BCUT2D eigenvalue weighted by atomic mass is 9.78. The molecule has 6 atom stereocenters. The van der Waals surface area contributed by atoms with Crippen LogP contribution < -0.4 is 9.47 Å². The van der Waals surface area contributed by atoms with Crippen LogP contribution in [0.2, 0.25) is 0 Å². The third kappa shape index (κ3) is 10.9. The predicted molar refractivity (Wildman–Crippen MR) is 203 cm³/mol. The zero-order valence-corrected chi connectivity index (χ0v) is 38.9. The molecule has 0 radical (unpaired) electrons. The maximum Gasteiger partial charge on any atom is 0.189 e. The monoisotopic (exact) mass is 1310 g/mol. The molecule has 220 valence electrons. The molecule has 39 heavy (non-hydrogen) atoms. The first kappa shape index (κ1) is 38.9. The van der Waals surface area contributed by atoms with Gasteiger partial charge in [-0.3, -0.25) is 0 Å². The van der Waals surface area contributed by atoms with E-state index in [1.807, 2.05) is 12.1 Å². The number of ether oxygens (including phenoxy) is 4. The maximum absolute atomic E-state index is 6.24. The van der Waals surface area contributed by atoms with Gasteiger partial charge in [0.05, 0.1) is 8.95 Å². The molecule has 0 aromatic heterocycles. The van der Waals surface area contributed by atoms with Gasteiger partial charge in [-0.15, -0.1) is 0 Å². The summed E-state index contributed by atoms with van der Waals surface area (Å²) in [5.74, 6) is 1.32. The van der Waals surface area contributed by atoms with Crippen LogP contribution in [0.25, 0.3) is 0 Å². The smallest absolute Gasteiger partial charge is 0.189 e. The highest BCUT2D eigenvalue weighted by atomic mass is 79.9. The third-order valence-electron chi connectivity index (χ3n) is 5.11. The fraction of sp³-hybridized carbons (Fsp3) is 0.478. The Morgan fingerprint density at radius 2 is 1.03 bits per heavy atom. The van der Waals surface area contributed by atoms with Crippen LogP contribution in [-0.4, -0.2) is 40.7 Å². The third-order valence-corrected chi connectivity index (χ3v) is 17.4. The molecule has 16 heteroatoms. The summed E-state index contributed by atoms with van der Waals surface area (Å²) in [5.41, 5.74) is 1.72. The summed E-state index contributed by atoms with van der Waals surface area (Å²) in [5, 5.41) is -0.661. The molecule has 0 saturated heterocycles. The number of rotatable bonds is 14. The minimum absolute atomic E-state index is 0.142. The Labute approximate surface area is 329 Å². The molecule has 0 fully saturated rings. The normalized spacial score (nSPS) is 16.8. The molecule has 0 aliphatic heterocycles. The van der Waals surface area contributed by atoms with Gasteiger partial charge in [0.2, 0.25) is 0 Å². The van der Waals surface area contributed by atoms with Gasteiger partial charge >= 0.3 is 0 Å². The summed E-state index contributed by atoms with van der Waals surface area (Å²) >= 11 is 42.8. The van der Waals surface area contributed by atoms with Crippen LogP contribution in [0.1, 0.15) is 25.0 Å². The van der Waals surface area contributed by atoms with Gasteiger partial charge in [-0.1, -0.05) is 122 Å². The lowest BCUT2D eigenvalue weighted by molar-refractivity contribution is 0.0667. The number of alkyl halides is 8. The van der Waals surface area contributed by atoms with E-state index in [1.54, 1.807) is 0 Å². The van der Waals surface area contributed by atoms with Gasteiger partial charge in [-0.05, 0) is 119 Å². The fourth-order valence-electron chi connectivity index (χ4n) is 3.19. The van der Waals surface area contributed by atoms with Crippen molar-refractivity contribution in [3.8, 4) is 11.5 Å². The molecule has 4 nitrogen and oxygen atoms in total. The first-order chi connectivity index (χ1) is 18.1. The van der Waals surface area contributed by atoms with Crippen molar-refractivity contribution in [2.75, 3.05) is 10.7 Å². The molecule has 2 aromatic carbocycles. The molecule has 0 spiro atoms. The van der Waals surface area contributed by atoms with Crippen LogP contribution in [0.15, 0.2) is 42.2 Å². The highest BCUT2D eigenvalue weighted by molar-refractivity contribution is 9.14. The molecular formula is C23H20Br12O4. The Bertz CT molecular complexity index is 1060. The Morgan fingerprint density at radius 1 is 0.615 bits per heavy atom. The second-order valence-electron chi connectivity index (χ2n) is 8.15. The number of hydrogen-bond donors (Lipinski definition) is 0. The van der Waals surface area contributed by atoms with E-state index in [2.05, 4.69) is 217 Å². The van der Waals surface area contributed by atoms with Crippen molar-refractivity contribution in [1.82, 2.24) is 0 Å². The van der Waals surface area contributed by atoms with Gasteiger partial charge < -0.3 is 18.9 Å². The minimum atomic E-state index is -0.475. The van der Waals surface area contributed by atoms with E-state index in [9.17, 15) is 0 Å². The van der Waals surface area contributed by atoms with Crippen LogP contribution in [0.5, 0.6) is 11.5 Å². The largest absolute Gasteiger partial charge is 0.476 e. The predicted octanol–water partition coefficient (Wildman–Crippen LogP) is 13.0. The lowest BCUT2D eigenvalue weighted by Crippen LogP contribution is -2.27. The van der Waals surface area contributed by atoms with Crippen LogP contribution in [0, 0.1) is 0 Å². The first-order valence-electron chi connectivity index (χ1n) is 10.7. The van der Waals surface area contributed by atoms with Gasteiger partial charge in [-0.25, -0.2) is 0 Å². The van der Waals surface area contributed by atoms with Gasteiger partial charge in [0, 0.05) is 25.0 Å². The molecule has 0 bridgehead atoms. The van der Waals surface area contributed by atoms with E-state index in [0.29, 0.717) is 22.2 Å². The van der Waals surface area contributed by atoms with Gasteiger partial charge in [0.25, 0.3) is 0 Å². The van der Waals surface area contributed by atoms with Gasteiger partial charge in [0.15, 0.2) is 25.8 Å². The average Bonchev–Trinajstić information content (AvgIpc) is 2.89. The fourth-order valence-corrected chi connectivity index (χ4v) is 9.18. The number of halogens is 12. The zero-order valence-electron chi connectivity index (χ0n) is 19.9. The van der Waals surface area contributed by atoms with E-state index in [1.165, 1.54) is 0 Å². The molecule has 0 aliphatic carbocycles.